The Hall–Kier alpha value is -2.59. The lowest BCUT2D eigenvalue weighted by molar-refractivity contribution is -0.128. The number of fused-ring (bicyclic) bond motifs is 1. The molecule has 0 saturated heterocycles. The molecule has 3 rings (SSSR count). The molecule has 1 aromatic heterocycles. The van der Waals surface area contributed by atoms with E-state index >= 15 is 0 Å². The van der Waals surface area contributed by atoms with Gasteiger partial charge in [-0.25, -0.2) is 0 Å². The van der Waals surface area contributed by atoms with Crippen LogP contribution in [0, 0.1) is 0 Å². The molecule has 0 bridgehead atoms. The van der Waals surface area contributed by atoms with Crippen molar-refractivity contribution >= 4 is 34.1 Å². The Morgan fingerprint density at radius 2 is 1.83 bits per heavy atom. The molecule has 122 valence electrons. The van der Waals surface area contributed by atoms with Crippen LogP contribution >= 0.6 is 11.6 Å². The maximum absolute atomic E-state index is 12.6. The van der Waals surface area contributed by atoms with E-state index in [0.29, 0.717) is 16.5 Å². The van der Waals surface area contributed by atoms with Crippen molar-refractivity contribution in [3.05, 3.63) is 65.8 Å². The molecule has 0 aliphatic heterocycles. The Bertz CT molecular complexity index is 876. The number of para-hydroxylation sites is 1. The molecule has 0 atom stereocenters. The van der Waals surface area contributed by atoms with E-state index in [9.17, 15) is 4.79 Å². The zero-order valence-electron chi connectivity index (χ0n) is 13.4. The van der Waals surface area contributed by atoms with Gasteiger partial charge in [-0.2, -0.15) is 0 Å². The molecule has 24 heavy (non-hydrogen) atoms. The van der Waals surface area contributed by atoms with Gasteiger partial charge in [0.1, 0.15) is 5.75 Å². The molecule has 1 amide bonds. The number of ether oxygens (including phenoxy) is 1. The van der Waals surface area contributed by atoms with E-state index in [1.807, 2.05) is 30.3 Å². The lowest BCUT2D eigenvalue weighted by Gasteiger charge is -2.25. The lowest BCUT2D eigenvalue weighted by atomic mass is 10.1. The fourth-order valence-corrected chi connectivity index (χ4v) is 2.39. The predicted molar refractivity (Wildman–Crippen MR) is 96.5 cm³/mol. The Kier molecular flexibility index (Phi) is 4.40. The number of benzene rings is 2. The maximum atomic E-state index is 12.6. The molecule has 2 aromatic carbocycles. The van der Waals surface area contributed by atoms with Crippen molar-refractivity contribution in [2.45, 2.75) is 19.4 Å². The van der Waals surface area contributed by atoms with Crippen molar-refractivity contribution in [1.82, 2.24) is 4.98 Å². The molecular weight excluding hydrogens is 324 g/mol. The van der Waals surface area contributed by atoms with Crippen molar-refractivity contribution in [3.63, 3.8) is 0 Å². The summed E-state index contributed by atoms with van der Waals surface area (Å²) < 4.78 is 5.79. The summed E-state index contributed by atoms with van der Waals surface area (Å²) in [4.78, 5) is 16.9. The highest BCUT2D eigenvalue weighted by Gasteiger charge is 2.30. The number of aromatic nitrogens is 1. The highest BCUT2D eigenvalue weighted by Crippen LogP contribution is 2.23. The largest absolute Gasteiger partial charge is 0.478 e. The van der Waals surface area contributed by atoms with Gasteiger partial charge in [0.05, 0.1) is 17.4 Å². The fraction of sp³-hybridized carbons (Fsp3) is 0.158. The van der Waals surface area contributed by atoms with Gasteiger partial charge in [0.25, 0.3) is 5.91 Å². The molecule has 0 aliphatic carbocycles. The summed E-state index contributed by atoms with van der Waals surface area (Å²) in [5.74, 6) is 0.325. The molecule has 0 unspecified atom stereocenters. The highest BCUT2D eigenvalue weighted by atomic mass is 35.5. The maximum Gasteiger partial charge on any atom is 0.268 e. The van der Waals surface area contributed by atoms with Crippen LogP contribution in [0.4, 0.5) is 5.69 Å². The number of hydrogen-bond donors (Lipinski definition) is 1. The first-order valence-electron chi connectivity index (χ1n) is 7.55. The van der Waals surface area contributed by atoms with Crippen LogP contribution in [0.15, 0.2) is 60.8 Å². The first-order valence-corrected chi connectivity index (χ1v) is 7.93. The van der Waals surface area contributed by atoms with Crippen molar-refractivity contribution in [3.8, 4) is 5.75 Å². The van der Waals surface area contributed by atoms with Crippen molar-refractivity contribution < 1.29 is 9.53 Å². The minimum absolute atomic E-state index is 0.255. The summed E-state index contributed by atoms with van der Waals surface area (Å²) in [5, 5.41) is 4.44. The number of nitrogens with one attached hydrogen (secondary N) is 1. The second kappa shape index (κ2) is 6.49. The average Bonchev–Trinajstić information content (AvgIpc) is 2.56. The van der Waals surface area contributed by atoms with Crippen LogP contribution in [0.3, 0.4) is 0 Å². The van der Waals surface area contributed by atoms with E-state index in [2.05, 4.69) is 10.3 Å². The second-order valence-electron chi connectivity index (χ2n) is 5.94. The third-order valence-electron chi connectivity index (χ3n) is 3.58. The Morgan fingerprint density at radius 1 is 1.12 bits per heavy atom. The Balaban J connectivity index is 1.75. The van der Waals surface area contributed by atoms with Crippen LogP contribution in [0.5, 0.6) is 5.75 Å². The van der Waals surface area contributed by atoms with Crippen LogP contribution in [-0.2, 0) is 4.79 Å². The van der Waals surface area contributed by atoms with Gasteiger partial charge >= 0.3 is 0 Å². The van der Waals surface area contributed by atoms with Crippen LogP contribution < -0.4 is 10.1 Å². The van der Waals surface area contributed by atoms with Gasteiger partial charge in [-0.05, 0) is 50.2 Å². The number of carbonyl (C=O) groups excluding carboxylic acids is 1. The molecule has 3 aromatic rings. The normalized spacial score (nSPS) is 11.3. The van der Waals surface area contributed by atoms with Crippen molar-refractivity contribution in [1.29, 1.82) is 0 Å². The summed E-state index contributed by atoms with van der Waals surface area (Å²) in [7, 11) is 0. The number of anilines is 1. The van der Waals surface area contributed by atoms with E-state index in [-0.39, 0.29) is 5.91 Å². The Labute approximate surface area is 145 Å². The van der Waals surface area contributed by atoms with E-state index in [1.54, 1.807) is 44.3 Å². The summed E-state index contributed by atoms with van der Waals surface area (Å²) in [6.45, 7) is 3.43. The number of pyridine rings is 1. The number of hydrogen-bond acceptors (Lipinski definition) is 3. The number of halogens is 1. The standard InChI is InChI=1S/C19H17ClN2O2/c1-19(2,24-16-9-7-14(20)8-10-16)18(23)22-15-11-13-5-3-4-6-17(13)21-12-15/h3-12H,1-2H3,(H,22,23). The van der Waals surface area contributed by atoms with Gasteiger partial charge in [-0.15, -0.1) is 0 Å². The zero-order valence-corrected chi connectivity index (χ0v) is 14.2. The van der Waals surface area contributed by atoms with Gasteiger partial charge in [-0.1, -0.05) is 29.8 Å². The predicted octanol–water partition coefficient (Wildman–Crippen LogP) is 4.68. The number of nitrogens with zero attached hydrogens (tertiary/aromatic N) is 1. The third kappa shape index (κ3) is 3.66. The topological polar surface area (TPSA) is 51.2 Å². The van der Waals surface area contributed by atoms with Gasteiger partial charge in [0.2, 0.25) is 0 Å². The highest BCUT2D eigenvalue weighted by molar-refractivity contribution is 6.30. The molecule has 0 fully saturated rings. The lowest BCUT2D eigenvalue weighted by Crippen LogP contribution is -2.42. The third-order valence-corrected chi connectivity index (χ3v) is 3.83. The molecule has 0 aliphatic rings. The minimum atomic E-state index is -1.04. The van der Waals surface area contributed by atoms with E-state index < -0.39 is 5.60 Å². The molecule has 1 N–H and O–H groups in total. The van der Waals surface area contributed by atoms with Crippen molar-refractivity contribution in [2.75, 3.05) is 5.32 Å². The quantitative estimate of drug-likeness (QED) is 0.750. The van der Waals surface area contributed by atoms with E-state index in [4.69, 9.17) is 16.3 Å². The summed E-state index contributed by atoms with van der Waals surface area (Å²) in [6, 6.07) is 16.5. The Morgan fingerprint density at radius 3 is 2.58 bits per heavy atom. The van der Waals surface area contributed by atoms with Crippen LogP contribution in [0.25, 0.3) is 10.9 Å². The zero-order chi connectivity index (χ0) is 17.2. The first-order chi connectivity index (χ1) is 11.4. The first kappa shape index (κ1) is 16.3. The smallest absolute Gasteiger partial charge is 0.268 e. The van der Waals surface area contributed by atoms with Crippen LogP contribution in [0.2, 0.25) is 5.02 Å². The number of rotatable bonds is 4. The number of amides is 1. The minimum Gasteiger partial charge on any atom is -0.478 e. The fourth-order valence-electron chi connectivity index (χ4n) is 2.26. The van der Waals surface area contributed by atoms with Gasteiger partial charge in [0, 0.05) is 10.4 Å². The van der Waals surface area contributed by atoms with Gasteiger partial charge < -0.3 is 10.1 Å². The SMILES string of the molecule is CC(C)(Oc1ccc(Cl)cc1)C(=O)Nc1cnc2ccccc2c1. The van der Waals surface area contributed by atoms with Crippen LogP contribution in [0.1, 0.15) is 13.8 Å². The number of carbonyl (C=O) groups is 1. The summed E-state index contributed by atoms with van der Waals surface area (Å²) in [6.07, 6.45) is 1.64. The second-order valence-corrected chi connectivity index (χ2v) is 6.37. The average molecular weight is 341 g/mol. The molecule has 0 radical (unpaired) electrons. The molecular formula is C19H17ClN2O2. The monoisotopic (exact) mass is 340 g/mol. The molecule has 1 heterocycles. The molecule has 0 saturated carbocycles. The van der Waals surface area contributed by atoms with Crippen LogP contribution in [-0.4, -0.2) is 16.5 Å². The van der Waals surface area contributed by atoms with Gasteiger partial charge in [0.15, 0.2) is 5.60 Å². The molecule has 4 nitrogen and oxygen atoms in total. The van der Waals surface area contributed by atoms with E-state index in [0.717, 1.165) is 10.9 Å². The molecule has 5 heteroatoms. The summed E-state index contributed by atoms with van der Waals surface area (Å²) >= 11 is 5.86. The van der Waals surface area contributed by atoms with Gasteiger partial charge in [-0.3, -0.25) is 9.78 Å². The molecule has 0 spiro atoms. The van der Waals surface area contributed by atoms with E-state index in [1.165, 1.54) is 0 Å². The summed E-state index contributed by atoms with van der Waals surface area (Å²) in [5.41, 5.74) is 0.470. The van der Waals surface area contributed by atoms with Crippen molar-refractivity contribution in [2.24, 2.45) is 0 Å².